The van der Waals surface area contributed by atoms with Crippen molar-refractivity contribution in [3.05, 3.63) is 73.1 Å². The molecule has 0 saturated carbocycles. The Balaban J connectivity index is 1.51. The first-order valence-corrected chi connectivity index (χ1v) is 8.19. The zero-order valence-corrected chi connectivity index (χ0v) is 14.0. The number of pyridine rings is 2. The Bertz CT molecular complexity index is 1220. The summed E-state index contributed by atoms with van der Waals surface area (Å²) in [5, 5.41) is 0.848. The molecule has 5 rings (SSSR count). The molecular formula is C20H14N4O2. The molecule has 1 aromatic carbocycles. The highest BCUT2D eigenvalue weighted by atomic mass is 16.5. The Morgan fingerprint density at radius 3 is 2.77 bits per heavy atom. The molecule has 0 aliphatic rings. The molecule has 0 aliphatic carbocycles. The molecule has 0 atom stereocenters. The van der Waals surface area contributed by atoms with E-state index in [2.05, 4.69) is 19.5 Å². The van der Waals surface area contributed by atoms with Crippen LogP contribution in [0.1, 0.15) is 5.82 Å². The van der Waals surface area contributed by atoms with Crippen molar-refractivity contribution >= 4 is 22.0 Å². The van der Waals surface area contributed by atoms with E-state index in [1.165, 1.54) is 0 Å². The summed E-state index contributed by atoms with van der Waals surface area (Å²) in [6.45, 7) is 1.98. The van der Waals surface area contributed by atoms with Gasteiger partial charge in [0.05, 0.1) is 23.4 Å². The normalized spacial score (nSPS) is 11.3. The number of fused-ring (bicyclic) bond motifs is 2. The number of aryl methyl sites for hydroxylation is 1. The van der Waals surface area contributed by atoms with Gasteiger partial charge in [-0.3, -0.25) is 9.55 Å². The molecule has 0 saturated heterocycles. The van der Waals surface area contributed by atoms with Crippen molar-refractivity contribution in [3.8, 4) is 17.3 Å². The molecular weight excluding hydrogens is 328 g/mol. The van der Waals surface area contributed by atoms with Gasteiger partial charge in [-0.1, -0.05) is 0 Å². The fourth-order valence-electron chi connectivity index (χ4n) is 3.10. The summed E-state index contributed by atoms with van der Waals surface area (Å²) in [7, 11) is 0. The minimum Gasteiger partial charge on any atom is -0.464 e. The van der Waals surface area contributed by atoms with Crippen molar-refractivity contribution < 1.29 is 9.15 Å². The fourth-order valence-corrected chi connectivity index (χ4v) is 3.10. The maximum atomic E-state index is 5.93. The van der Waals surface area contributed by atoms with Crippen LogP contribution in [0.3, 0.4) is 0 Å². The standard InChI is InChI=1S/C20H14N4O2/c1-13-23-17-12-21-9-6-18(17)24(13)14-2-4-15(5-3-14)26-20-16-8-11-25-19(16)7-10-22-20/h2-12H,1H3. The van der Waals surface area contributed by atoms with Crippen molar-refractivity contribution in [2.75, 3.05) is 0 Å². The monoisotopic (exact) mass is 342 g/mol. The number of nitrogens with zero attached hydrogens (tertiary/aromatic N) is 4. The second-order valence-electron chi connectivity index (χ2n) is 5.90. The van der Waals surface area contributed by atoms with Gasteiger partial charge in [0.25, 0.3) is 0 Å². The summed E-state index contributed by atoms with van der Waals surface area (Å²) in [5.41, 5.74) is 3.66. The molecule has 126 valence electrons. The number of aromatic nitrogens is 4. The number of hydrogen-bond acceptors (Lipinski definition) is 5. The van der Waals surface area contributed by atoms with E-state index in [1.807, 2.05) is 49.4 Å². The van der Waals surface area contributed by atoms with Gasteiger partial charge in [-0.05, 0) is 49.4 Å². The van der Waals surface area contributed by atoms with Crippen LogP contribution in [0.25, 0.3) is 27.7 Å². The van der Waals surface area contributed by atoms with Crippen molar-refractivity contribution in [1.82, 2.24) is 19.5 Å². The molecule has 4 heterocycles. The number of furan rings is 1. The van der Waals surface area contributed by atoms with Crippen LogP contribution in [0.4, 0.5) is 0 Å². The van der Waals surface area contributed by atoms with E-state index in [1.54, 1.807) is 24.9 Å². The topological polar surface area (TPSA) is 66.0 Å². The van der Waals surface area contributed by atoms with Gasteiger partial charge in [-0.25, -0.2) is 9.97 Å². The number of benzene rings is 1. The number of ether oxygens (including phenoxy) is 1. The highest BCUT2D eigenvalue weighted by Gasteiger charge is 2.10. The molecule has 0 radical (unpaired) electrons. The lowest BCUT2D eigenvalue weighted by molar-refractivity contribution is 0.468. The quantitative estimate of drug-likeness (QED) is 0.477. The molecule has 6 heteroatoms. The lowest BCUT2D eigenvalue weighted by Gasteiger charge is -2.09. The van der Waals surface area contributed by atoms with E-state index in [-0.39, 0.29) is 0 Å². The van der Waals surface area contributed by atoms with Crippen LogP contribution in [0.2, 0.25) is 0 Å². The maximum Gasteiger partial charge on any atom is 0.230 e. The number of rotatable bonds is 3. The van der Waals surface area contributed by atoms with E-state index in [9.17, 15) is 0 Å². The van der Waals surface area contributed by atoms with E-state index >= 15 is 0 Å². The average molecular weight is 342 g/mol. The lowest BCUT2D eigenvalue weighted by atomic mass is 10.2. The third kappa shape index (κ3) is 2.31. The lowest BCUT2D eigenvalue weighted by Crippen LogP contribution is -1.97. The van der Waals surface area contributed by atoms with Crippen molar-refractivity contribution in [2.24, 2.45) is 0 Å². The predicted octanol–water partition coefficient (Wildman–Crippen LogP) is 4.66. The van der Waals surface area contributed by atoms with Gasteiger partial charge < -0.3 is 9.15 Å². The minimum atomic E-state index is 0.527. The molecule has 0 N–H and O–H groups in total. The van der Waals surface area contributed by atoms with Gasteiger partial charge in [-0.2, -0.15) is 0 Å². The van der Waals surface area contributed by atoms with Crippen LogP contribution >= 0.6 is 0 Å². The molecule has 0 fully saturated rings. The van der Waals surface area contributed by atoms with Crippen LogP contribution < -0.4 is 4.74 Å². The van der Waals surface area contributed by atoms with Gasteiger partial charge in [0.1, 0.15) is 22.7 Å². The summed E-state index contributed by atoms with van der Waals surface area (Å²) in [5.74, 6) is 2.14. The summed E-state index contributed by atoms with van der Waals surface area (Å²) >= 11 is 0. The van der Waals surface area contributed by atoms with Gasteiger partial charge in [-0.15, -0.1) is 0 Å². The first-order chi connectivity index (χ1) is 12.8. The van der Waals surface area contributed by atoms with Crippen LogP contribution in [-0.2, 0) is 0 Å². The molecule has 0 unspecified atom stereocenters. The first kappa shape index (κ1) is 14.7. The van der Waals surface area contributed by atoms with Crippen molar-refractivity contribution in [1.29, 1.82) is 0 Å². The van der Waals surface area contributed by atoms with Gasteiger partial charge in [0.2, 0.25) is 5.88 Å². The Hall–Kier alpha value is -3.67. The van der Waals surface area contributed by atoms with Crippen LogP contribution in [0.15, 0.2) is 71.7 Å². The number of imidazole rings is 1. The third-order valence-electron chi connectivity index (χ3n) is 4.28. The van der Waals surface area contributed by atoms with E-state index in [4.69, 9.17) is 9.15 Å². The van der Waals surface area contributed by atoms with Gasteiger partial charge >= 0.3 is 0 Å². The average Bonchev–Trinajstić information content (AvgIpc) is 3.26. The molecule has 26 heavy (non-hydrogen) atoms. The molecule has 0 spiro atoms. The zero-order chi connectivity index (χ0) is 17.5. The van der Waals surface area contributed by atoms with Crippen LogP contribution in [-0.4, -0.2) is 19.5 Å². The zero-order valence-electron chi connectivity index (χ0n) is 14.0. The Morgan fingerprint density at radius 2 is 1.88 bits per heavy atom. The molecule has 0 aliphatic heterocycles. The minimum absolute atomic E-state index is 0.527. The Morgan fingerprint density at radius 1 is 1.00 bits per heavy atom. The molecule has 4 aromatic heterocycles. The highest BCUT2D eigenvalue weighted by molar-refractivity contribution is 5.82. The smallest absolute Gasteiger partial charge is 0.230 e. The molecule has 6 nitrogen and oxygen atoms in total. The Labute approximate surface area is 148 Å². The second kappa shape index (κ2) is 5.70. The second-order valence-corrected chi connectivity index (χ2v) is 5.90. The first-order valence-electron chi connectivity index (χ1n) is 8.19. The predicted molar refractivity (Wildman–Crippen MR) is 97.7 cm³/mol. The SMILES string of the molecule is Cc1nc2cnccc2n1-c1ccc(Oc2nccc3occc23)cc1. The largest absolute Gasteiger partial charge is 0.464 e. The van der Waals surface area contributed by atoms with E-state index in [0.717, 1.165) is 33.5 Å². The van der Waals surface area contributed by atoms with E-state index < -0.39 is 0 Å². The van der Waals surface area contributed by atoms with Crippen LogP contribution in [0.5, 0.6) is 11.6 Å². The van der Waals surface area contributed by atoms with E-state index in [0.29, 0.717) is 11.6 Å². The number of hydrogen-bond donors (Lipinski definition) is 0. The summed E-state index contributed by atoms with van der Waals surface area (Å²) < 4.78 is 13.4. The molecule has 0 bridgehead atoms. The third-order valence-corrected chi connectivity index (χ3v) is 4.28. The molecule has 5 aromatic rings. The van der Waals surface area contributed by atoms with Crippen LogP contribution in [0, 0.1) is 6.92 Å². The summed E-state index contributed by atoms with van der Waals surface area (Å²) in [4.78, 5) is 13.0. The summed E-state index contributed by atoms with van der Waals surface area (Å²) in [6.07, 6.45) is 6.84. The summed E-state index contributed by atoms with van der Waals surface area (Å²) in [6, 6.07) is 13.5. The van der Waals surface area contributed by atoms with Gasteiger partial charge in [0.15, 0.2) is 0 Å². The maximum absolute atomic E-state index is 5.93. The van der Waals surface area contributed by atoms with Crippen molar-refractivity contribution in [3.63, 3.8) is 0 Å². The highest BCUT2D eigenvalue weighted by Crippen LogP contribution is 2.29. The van der Waals surface area contributed by atoms with Crippen molar-refractivity contribution in [2.45, 2.75) is 6.92 Å². The van der Waals surface area contributed by atoms with Gasteiger partial charge in [0, 0.05) is 18.1 Å². The fraction of sp³-hybridized carbons (Fsp3) is 0.0500. The Kier molecular flexibility index (Phi) is 3.21. The molecule has 0 amide bonds.